The lowest BCUT2D eigenvalue weighted by Gasteiger charge is -2.30. The fourth-order valence-corrected chi connectivity index (χ4v) is 6.95. The van der Waals surface area contributed by atoms with Gasteiger partial charge in [-0.05, 0) is 78.1 Å². The van der Waals surface area contributed by atoms with Gasteiger partial charge in [-0.1, -0.05) is 60.3 Å². The third kappa shape index (κ3) is 4.87. The van der Waals surface area contributed by atoms with E-state index in [0.29, 0.717) is 40.8 Å². The van der Waals surface area contributed by atoms with Crippen molar-refractivity contribution < 1.29 is 23.8 Å². The van der Waals surface area contributed by atoms with Gasteiger partial charge in [0.15, 0.2) is 18.1 Å². The molecule has 44 heavy (non-hydrogen) atoms. The lowest BCUT2D eigenvalue weighted by molar-refractivity contribution is -0.121. The molecule has 0 atom stereocenters. The van der Waals surface area contributed by atoms with Crippen molar-refractivity contribution in [3.8, 4) is 11.5 Å². The summed E-state index contributed by atoms with van der Waals surface area (Å²) in [5, 5.41) is 0.709. The van der Waals surface area contributed by atoms with Gasteiger partial charge in [-0.2, -0.15) is 0 Å². The first-order chi connectivity index (χ1) is 21.6. The third-order valence-corrected chi connectivity index (χ3v) is 9.03. The summed E-state index contributed by atoms with van der Waals surface area (Å²) in [7, 11) is 3.22. The Hall–Kier alpha value is -5.08. The number of ether oxygens (including phenoxy) is 3. The van der Waals surface area contributed by atoms with Crippen LogP contribution in [0.2, 0.25) is 0 Å². The minimum Gasteiger partial charge on any atom is -0.493 e. The van der Waals surface area contributed by atoms with Crippen molar-refractivity contribution in [2.24, 2.45) is 0 Å². The molecule has 1 aromatic heterocycles. The summed E-state index contributed by atoms with van der Waals surface area (Å²) in [5.41, 5.74) is 6.27. The predicted molar refractivity (Wildman–Crippen MR) is 172 cm³/mol. The van der Waals surface area contributed by atoms with Crippen molar-refractivity contribution in [1.29, 1.82) is 0 Å². The van der Waals surface area contributed by atoms with Crippen LogP contribution in [0.4, 0.5) is 11.4 Å². The van der Waals surface area contributed by atoms with Crippen molar-refractivity contribution in [3.05, 3.63) is 113 Å². The molecular formula is C36H28N2O5S. The molecule has 2 heterocycles. The van der Waals surface area contributed by atoms with Gasteiger partial charge < -0.3 is 14.2 Å². The van der Waals surface area contributed by atoms with Gasteiger partial charge in [-0.25, -0.2) is 9.78 Å². The lowest BCUT2D eigenvalue weighted by Crippen LogP contribution is -2.32. The quantitative estimate of drug-likeness (QED) is 0.185. The van der Waals surface area contributed by atoms with E-state index in [0.717, 1.165) is 43.6 Å². The Morgan fingerprint density at radius 2 is 1.52 bits per heavy atom. The molecule has 1 aliphatic heterocycles. The zero-order valence-electron chi connectivity index (χ0n) is 24.2. The lowest BCUT2D eigenvalue weighted by atomic mass is 10.0. The number of pyridine rings is 1. The number of methoxy groups -OCH3 is 2. The average molecular weight is 601 g/mol. The van der Waals surface area contributed by atoms with E-state index in [2.05, 4.69) is 6.08 Å². The van der Waals surface area contributed by atoms with Gasteiger partial charge in [0.25, 0.3) is 5.91 Å². The molecule has 218 valence electrons. The van der Waals surface area contributed by atoms with Crippen LogP contribution < -0.4 is 14.4 Å². The topological polar surface area (TPSA) is 78.0 Å². The number of esters is 1. The average Bonchev–Trinajstić information content (AvgIpc) is 3.46. The maximum absolute atomic E-state index is 13.8. The van der Waals surface area contributed by atoms with Crippen LogP contribution in [-0.2, 0) is 16.0 Å². The van der Waals surface area contributed by atoms with Gasteiger partial charge in [0.05, 0.1) is 42.4 Å². The van der Waals surface area contributed by atoms with E-state index < -0.39 is 12.6 Å². The van der Waals surface area contributed by atoms with E-state index in [9.17, 15) is 9.59 Å². The van der Waals surface area contributed by atoms with E-state index in [1.807, 2.05) is 91.0 Å². The number of anilines is 2. The van der Waals surface area contributed by atoms with Crippen LogP contribution in [0.1, 0.15) is 33.6 Å². The molecule has 0 radical (unpaired) electrons. The standard InChI is InChI=1S/C36H28N2O5S/c1-41-29-18-15-22(20-30(29)42-2)19-23-16-17-25-34(24-9-3-4-10-26(24)37-35(23)25)36(40)43-21-33(39)38-27-11-5-7-13-31(27)44-32-14-8-6-12-28(32)38/h3-15,18-20H,16-17,21H2,1-2H3/b23-19+. The summed E-state index contributed by atoms with van der Waals surface area (Å²) >= 11 is 1.62. The molecule has 8 heteroatoms. The molecular weight excluding hydrogens is 572 g/mol. The highest BCUT2D eigenvalue weighted by Crippen LogP contribution is 2.48. The predicted octanol–water partition coefficient (Wildman–Crippen LogP) is 7.73. The van der Waals surface area contributed by atoms with Crippen LogP contribution in [0.5, 0.6) is 11.5 Å². The highest BCUT2D eigenvalue weighted by molar-refractivity contribution is 7.99. The van der Waals surface area contributed by atoms with Crippen molar-refractivity contribution in [2.45, 2.75) is 22.6 Å². The summed E-state index contributed by atoms with van der Waals surface area (Å²) in [6.45, 7) is -0.397. The van der Waals surface area contributed by atoms with E-state index >= 15 is 0 Å². The number of hydrogen-bond acceptors (Lipinski definition) is 7. The molecule has 4 aromatic carbocycles. The van der Waals surface area contributed by atoms with Crippen LogP contribution >= 0.6 is 11.8 Å². The first kappa shape index (κ1) is 27.7. The molecule has 0 unspecified atom stereocenters. The molecule has 1 amide bonds. The molecule has 0 saturated heterocycles. The van der Waals surface area contributed by atoms with Crippen LogP contribution in [0.15, 0.2) is 101 Å². The molecule has 1 aliphatic carbocycles. The fourth-order valence-electron chi connectivity index (χ4n) is 5.89. The van der Waals surface area contributed by atoms with Gasteiger partial charge in [0.1, 0.15) is 0 Å². The Morgan fingerprint density at radius 1 is 0.841 bits per heavy atom. The van der Waals surface area contributed by atoms with Crippen LogP contribution in [0.3, 0.4) is 0 Å². The number of carbonyl (C=O) groups is 2. The smallest absolute Gasteiger partial charge is 0.339 e. The summed E-state index contributed by atoms with van der Waals surface area (Å²) in [6, 6.07) is 28.8. The number of aromatic nitrogens is 1. The second-order valence-corrected chi connectivity index (χ2v) is 11.5. The van der Waals surface area contributed by atoms with Crippen molar-refractivity contribution in [2.75, 3.05) is 25.7 Å². The highest BCUT2D eigenvalue weighted by Gasteiger charge is 2.31. The number of rotatable bonds is 6. The first-order valence-electron chi connectivity index (χ1n) is 14.3. The van der Waals surface area contributed by atoms with Gasteiger partial charge in [0, 0.05) is 15.2 Å². The Kier molecular flexibility index (Phi) is 7.28. The second-order valence-electron chi connectivity index (χ2n) is 10.5. The highest BCUT2D eigenvalue weighted by atomic mass is 32.2. The van der Waals surface area contributed by atoms with Crippen molar-refractivity contribution >= 4 is 57.6 Å². The second kappa shape index (κ2) is 11.5. The number of benzene rings is 4. The molecule has 0 N–H and O–H groups in total. The fraction of sp³-hybridized carbons (Fsp3) is 0.139. The molecule has 0 bridgehead atoms. The molecule has 0 fully saturated rings. The van der Waals surface area contributed by atoms with Crippen LogP contribution in [-0.4, -0.2) is 37.7 Å². The van der Waals surface area contributed by atoms with E-state index in [4.69, 9.17) is 19.2 Å². The molecule has 2 aliphatic rings. The zero-order valence-corrected chi connectivity index (χ0v) is 25.0. The Bertz CT molecular complexity index is 1940. The summed E-state index contributed by atoms with van der Waals surface area (Å²) < 4.78 is 16.7. The number of allylic oxidation sites excluding steroid dienone is 1. The number of fused-ring (bicyclic) bond motifs is 4. The normalized spacial score (nSPS) is 14.1. The largest absolute Gasteiger partial charge is 0.493 e. The third-order valence-electron chi connectivity index (χ3n) is 7.90. The van der Waals surface area contributed by atoms with Gasteiger partial charge in [-0.15, -0.1) is 0 Å². The van der Waals surface area contributed by atoms with E-state index in [-0.39, 0.29) is 5.91 Å². The van der Waals surface area contributed by atoms with Gasteiger partial charge >= 0.3 is 5.97 Å². The molecule has 7 nitrogen and oxygen atoms in total. The first-order valence-corrected chi connectivity index (χ1v) is 15.1. The monoisotopic (exact) mass is 600 g/mol. The number of carbonyl (C=O) groups excluding carboxylic acids is 2. The van der Waals surface area contributed by atoms with Gasteiger partial charge in [0.2, 0.25) is 0 Å². The van der Waals surface area contributed by atoms with Crippen molar-refractivity contribution in [1.82, 2.24) is 4.98 Å². The Balaban J connectivity index is 1.21. The molecule has 0 saturated carbocycles. The minimum atomic E-state index is -0.534. The maximum atomic E-state index is 13.8. The summed E-state index contributed by atoms with van der Waals surface area (Å²) in [5.74, 6) is 0.439. The number of amides is 1. The Morgan fingerprint density at radius 3 is 2.25 bits per heavy atom. The Labute approximate surface area is 259 Å². The minimum absolute atomic E-state index is 0.317. The number of hydrogen-bond donors (Lipinski definition) is 0. The summed E-state index contributed by atoms with van der Waals surface area (Å²) in [6.07, 6.45) is 3.41. The van der Waals surface area contributed by atoms with Crippen LogP contribution in [0.25, 0.3) is 22.6 Å². The molecule has 7 rings (SSSR count). The van der Waals surface area contributed by atoms with Crippen molar-refractivity contribution in [3.63, 3.8) is 0 Å². The number of nitrogens with zero attached hydrogens (tertiary/aromatic N) is 2. The van der Waals surface area contributed by atoms with E-state index in [1.165, 1.54) is 0 Å². The maximum Gasteiger partial charge on any atom is 0.339 e. The SMILES string of the molecule is COc1ccc(/C=C2\CCc3c2nc2ccccc2c3C(=O)OCC(=O)N2c3ccccc3Sc3ccccc32)cc1OC. The summed E-state index contributed by atoms with van der Waals surface area (Å²) in [4.78, 5) is 36.1. The van der Waals surface area contributed by atoms with Crippen LogP contribution in [0, 0.1) is 0 Å². The zero-order chi connectivity index (χ0) is 30.2. The molecule has 0 spiro atoms. The number of para-hydroxylation sites is 3. The molecule has 5 aromatic rings. The van der Waals surface area contributed by atoms with Gasteiger partial charge in [-0.3, -0.25) is 9.69 Å². The van der Waals surface area contributed by atoms with E-state index in [1.54, 1.807) is 30.9 Å².